The topological polar surface area (TPSA) is 65.2 Å². The second-order valence-corrected chi connectivity index (χ2v) is 5.52. The molecular formula is C12H18N2O2S. The molecular weight excluding hydrogens is 236 g/mol. The summed E-state index contributed by atoms with van der Waals surface area (Å²) < 4.78 is 9.62. The van der Waals surface area contributed by atoms with Gasteiger partial charge in [0.1, 0.15) is 16.7 Å². The van der Waals surface area contributed by atoms with Crippen molar-refractivity contribution in [1.82, 2.24) is 4.37 Å². The average Bonchev–Trinajstić information content (AvgIpc) is 2.62. The Balaban J connectivity index is 2.06. The van der Waals surface area contributed by atoms with Gasteiger partial charge >= 0.3 is 5.97 Å². The molecule has 0 spiro atoms. The highest BCUT2D eigenvalue weighted by Gasteiger charge is 2.27. The molecule has 0 aliphatic heterocycles. The fourth-order valence-corrected chi connectivity index (χ4v) is 2.94. The first kappa shape index (κ1) is 12.4. The lowest BCUT2D eigenvalue weighted by Gasteiger charge is -2.28. The molecule has 5 heteroatoms. The highest BCUT2D eigenvalue weighted by molar-refractivity contribution is 7.10. The van der Waals surface area contributed by atoms with Crippen LogP contribution >= 0.6 is 11.5 Å². The number of carbonyl (C=O) groups excluding carboxylic acids is 1. The van der Waals surface area contributed by atoms with E-state index in [1.165, 1.54) is 6.42 Å². The number of hydrogen-bond donors (Lipinski definition) is 1. The van der Waals surface area contributed by atoms with E-state index in [9.17, 15) is 4.79 Å². The van der Waals surface area contributed by atoms with Gasteiger partial charge in [-0.15, -0.1) is 0 Å². The lowest BCUT2D eigenvalue weighted by molar-refractivity contribution is 0.00488. The third-order valence-corrected chi connectivity index (χ3v) is 4.15. The van der Waals surface area contributed by atoms with Gasteiger partial charge < -0.3 is 10.5 Å². The van der Waals surface area contributed by atoms with Crippen LogP contribution in [-0.4, -0.2) is 16.4 Å². The van der Waals surface area contributed by atoms with Crippen LogP contribution in [-0.2, 0) is 4.74 Å². The molecule has 1 aliphatic carbocycles. The van der Waals surface area contributed by atoms with Gasteiger partial charge in [-0.1, -0.05) is 13.3 Å². The van der Waals surface area contributed by atoms with Crippen molar-refractivity contribution in [3.63, 3.8) is 0 Å². The van der Waals surface area contributed by atoms with Crippen molar-refractivity contribution in [2.75, 3.05) is 5.73 Å². The second-order valence-electron chi connectivity index (χ2n) is 4.71. The predicted molar refractivity (Wildman–Crippen MR) is 68.1 cm³/mol. The number of nitrogens with two attached hydrogens (primary N) is 1. The van der Waals surface area contributed by atoms with Gasteiger partial charge in [0.05, 0.1) is 5.69 Å². The van der Waals surface area contributed by atoms with Crippen LogP contribution in [0.1, 0.15) is 48.7 Å². The Hall–Kier alpha value is -1.10. The molecule has 94 valence electrons. The molecule has 1 aromatic rings. The summed E-state index contributed by atoms with van der Waals surface area (Å²) in [5.41, 5.74) is 6.86. The number of rotatable bonds is 2. The summed E-state index contributed by atoms with van der Waals surface area (Å²) in [7, 11) is 0. The fraction of sp³-hybridized carbons (Fsp3) is 0.667. The number of carbonyl (C=O) groups is 1. The zero-order valence-corrected chi connectivity index (χ0v) is 11.0. The molecule has 0 amide bonds. The van der Waals surface area contributed by atoms with Crippen LogP contribution in [0.2, 0.25) is 0 Å². The molecule has 1 aromatic heterocycles. The molecule has 1 fully saturated rings. The van der Waals surface area contributed by atoms with Gasteiger partial charge in [-0.25, -0.2) is 4.79 Å². The van der Waals surface area contributed by atoms with Crippen molar-refractivity contribution in [2.45, 2.75) is 45.6 Å². The van der Waals surface area contributed by atoms with E-state index in [0.29, 0.717) is 22.2 Å². The number of ether oxygens (including phenoxy) is 1. The van der Waals surface area contributed by atoms with Gasteiger partial charge in [0.15, 0.2) is 0 Å². The summed E-state index contributed by atoms with van der Waals surface area (Å²) in [5.74, 6) is 0.133. The number of anilines is 1. The number of nitrogen functional groups attached to an aromatic ring is 1. The number of aryl methyl sites for hydroxylation is 1. The Bertz CT molecular complexity index is 397. The molecule has 1 heterocycles. The first-order valence-electron chi connectivity index (χ1n) is 6.02. The largest absolute Gasteiger partial charge is 0.458 e. The average molecular weight is 254 g/mol. The Labute approximate surface area is 105 Å². The molecule has 1 saturated carbocycles. The van der Waals surface area contributed by atoms with Gasteiger partial charge in [-0.3, -0.25) is 0 Å². The van der Waals surface area contributed by atoms with Crippen molar-refractivity contribution in [2.24, 2.45) is 5.92 Å². The third kappa shape index (κ3) is 2.60. The normalized spacial score (nSPS) is 24.6. The molecule has 2 rings (SSSR count). The highest BCUT2D eigenvalue weighted by Crippen LogP contribution is 2.29. The van der Waals surface area contributed by atoms with Crippen LogP contribution in [0.3, 0.4) is 0 Å². The van der Waals surface area contributed by atoms with Gasteiger partial charge in [0, 0.05) is 0 Å². The SMILES string of the molecule is Cc1nsc(N)c1C(=O)OC1CCCCC1C. The van der Waals surface area contributed by atoms with Crippen LogP contribution in [0, 0.1) is 12.8 Å². The summed E-state index contributed by atoms with van der Waals surface area (Å²) >= 11 is 1.15. The smallest absolute Gasteiger partial charge is 0.343 e. The minimum Gasteiger partial charge on any atom is -0.458 e. The van der Waals surface area contributed by atoms with Crippen LogP contribution in [0.25, 0.3) is 0 Å². The monoisotopic (exact) mass is 254 g/mol. The molecule has 4 nitrogen and oxygen atoms in total. The second kappa shape index (κ2) is 5.04. The van der Waals surface area contributed by atoms with E-state index in [1.807, 2.05) is 0 Å². The van der Waals surface area contributed by atoms with Crippen LogP contribution in [0.5, 0.6) is 0 Å². The highest BCUT2D eigenvalue weighted by atomic mass is 32.1. The van der Waals surface area contributed by atoms with Gasteiger partial charge in [-0.2, -0.15) is 4.37 Å². The number of aromatic nitrogens is 1. The molecule has 2 unspecified atom stereocenters. The molecule has 2 N–H and O–H groups in total. The molecule has 0 bridgehead atoms. The maximum absolute atomic E-state index is 12.0. The van der Waals surface area contributed by atoms with Crippen LogP contribution < -0.4 is 5.73 Å². The molecule has 0 saturated heterocycles. The van der Waals surface area contributed by atoms with E-state index < -0.39 is 0 Å². The van der Waals surface area contributed by atoms with E-state index in [2.05, 4.69) is 11.3 Å². The van der Waals surface area contributed by atoms with E-state index >= 15 is 0 Å². The third-order valence-electron chi connectivity index (χ3n) is 3.38. The van der Waals surface area contributed by atoms with Crippen molar-refractivity contribution in [3.8, 4) is 0 Å². The van der Waals surface area contributed by atoms with Crippen molar-refractivity contribution >= 4 is 22.5 Å². The summed E-state index contributed by atoms with van der Waals surface area (Å²) in [6.07, 6.45) is 4.50. The van der Waals surface area contributed by atoms with Gasteiger partial charge in [-0.05, 0) is 43.6 Å². The lowest BCUT2D eigenvalue weighted by atomic mass is 9.88. The van der Waals surface area contributed by atoms with E-state index in [-0.39, 0.29) is 12.1 Å². The molecule has 0 aromatic carbocycles. The Kier molecular flexibility index (Phi) is 3.66. The Morgan fingerprint density at radius 2 is 2.18 bits per heavy atom. The Morgan fingerprint density at radius 1 is 1.47 bits per heavy atom. The van der Waals surface area contributed by atoms with Gasteiger partial charge in [0.2, 0.25) is 0 Å². The quantitative estimate of drug-likeness (QED) is 0.824. The number of nitrogens with zero attached hydrogens (tertiary/aromatic N) is 1. The van der Waals surface area contributed by atoms with Crippen LogP contribution in [0.4, 0.5) is 5.00 Å². The molecule has 2 atom stereocenters. The molecule has 0 radical (unpaired) electrons. The summed E-state index contributed by atoms with van der Waals surface area (Å²) in [4.78, 5) is 12.0. The minimum atomic E-state index is -0.313. The zero-order valence-electron chi connectivity index (χ0n) is 10.2. The maximum Gasteiger partial charge on any atom is 0.343 e. The standard InChI is InChI=1S/C12H18N2O2S/c1-7-5-3-4-6-9(7)16-12(15)10-8(2)14-17-11(10)13/h7,9H,3-6,13H2,1-2H3. The zero-order chi connectivity index (χ0) is 12.4. The van der Waals surface area contributed by atoms with Crippen LogP contribution in [0.15, 0.2) is 0 Å². The van der Waals surface area contributed by atoms with E-state index in [1.54, 1.807) is 6.92 Å². The summed E-state index contributed by atoms with van der Waals surface area (Å²) in [5, 5.41) is 0.455. The maximum atomic E-state index is 12.0. The first-order valence-corrected chi connectivity index (χ1v) is 6.79. The fourth-order valence-electron chi connectivity index (χ4n) is 2.29. The lowest BCUT2D eigenvalue weighted by Crippen LogP contribution is -2.28. The number of hydrogen-bond acceptors (Lipinski definition) is 5. The van der Waals surface area contributed by atoms with Gasteiger partial charge in [0.25, 0.3) is 0 Å². The Morgan fingerprint density at radius 3 is 2.76 bits per heavy atom. The number of esters is 1. The van der Waals surface area contributed by atoms with E-state index in [4.69, 9.17) is 10.5 Å². The molecule has 17 heavy (non-hydrogen) atoms. The van der Waals surface area contributed by atoms with Crippen molar-refractivity contribution in [3.05, 3.63) is 11.3 Å². The summed E-state index contributed by atoms with van der Waals surface area (Å²) in [6, 6.07) is 0. The summed E-state index contributed by atoms with van der Waals surface area (Å²) in [6.45, 7) is 3.92. The first-order chi connectivity index (χ1) is 8.09. The van der Waals surface area contributed by atoms with Crippen molar-refractivity contribution in [1.29, 1.82) is 0 Å². The minimum absolute atomic E-state index is 0.0370. The van der Waals surface area contributed by atoms with Crippen molar-refractivity contribution < 1.29 is 9.53 Å². The molecule has 1 aliphatic rings. The van der Waals surface area contributed by atoms with E-state index in [0.717, 1.165) is 30.8 Å². The predicted octanol–water partition coefficient (Wildman–Crippen LogP) is 2.77.